The van der Waals surface area contributed by atoms with E-state index >= 15 is 0 Å². The molecule has 0 N–H and O–H groups in total. The lowest BCUT2D eigenvalue weighted by Gasteiger charge is -2.36. The van der Waals surface area contributed by atoms with E-state index in [-0.39, 0.29) is 31.4 Å². The van der Waals surface area contributed by atoms with Crippen LogP contribution in [0.4, 0.5) is 13.2 Å². The molecule has 1 amide bonds. The van der Waals surface area contributed by atoms with Gasteiger partial charge in [0.2, 0.25) is 0 Å². The minimum Gasteiger partial charge on any atom is -0.497 e. The number of benzene rings is 2. The van der Waals surface area contributed by atoms with E-state index in [9.17, 15) is 18.0 Å². The van der Waals surface area contributed by atoms with Crippen molar-refractivity contribution >= 4 is 5.91 Å². The number of nitrogens with zero attached hydrogens (tertiary/aromatic N) is 2. The summed E-state index contributed by atoms with van der Waals surface area (Å²) in [6, 6.07) is 10.1. The molecule has 1 aliphatic rings. The van der Waals surface area contributed by atoms with E-state index in [1.165, 1.54) is 24.1 Å². The van der Waals surface area contributed by atoms with Gasteiger partial charge < -0.3 is 23.8 Å². The van der Waals surface area contributed by atoms with Crippen LogP contribution in [-0.2, 0) is 22.2 Å². The van der Waals surface area contributed by atoms with Crippen LogP contribution in [0.15, 0.2) is 42.5 Å². The number of ether oxygens (including phenoxy) is 4. The highest BCUT2D eigenvalue weighted by Gasteiger charge is 2.32. The van der Waals surface area contributed by atoms with E-state index in [0.29, 0.717) is 37.7 Å². The van der Waals surface area contributed by atoms with Crippen molar-refractivity contribution < 1.29 is 36.9 Å². The standard InChI is InChI=1S/C25H31F3N2O5/c1-32-9-8-30(24(31)19-5-4-6-20(13-19)25(26,27)28)17-23-16-29(7-10-35-23)15-18-11-21(33-2)14-22(12-18)34-3/h4-6,11-14,23H,7-10,15-17H2,1-3H3. The second kappa shape index (κ2) is 12.2. The molecule has 0 saturated carbocycles. The van der Waals surface area contributed by atoms with Crippen LogP contribution in [0.3, 0.4) is 0 Å². The minimum absolute atomic E-state index is 0.0212. The summed E-state index contributed by atoms with van der Waals surface area (Å²) in [5.41, 5.74) is 0.133. The maximum atomic E-state index is 13.1. The van der Waals surface area contributed by atoms with Crippen molar-refractivity contribution in [3.8, 4) is 11.5 Å². The lowest BCUT2D eigenvalue weighted by atomic mass is 10.1. The Morgan fingerprint density at radius 1 is 1.11 bits per heavy atom. The van der Waals surface area contributed by atoms with Gasteiger partial charge in [0, 0.05) is 51.5 Å². The van der Waals surface area contributed by atoms with Crippen molar-refractivity contribution in [2.45, 2.75) is 18.8 Å². The van der Waals surface area contributed by atoms with E-state index in [1.807, 2.05) is 12.1 Å². The summed E-state index contributed by atoms with van der Waals surface area (Å²) in [5.74, 6) is 0.898. The molecule has 7 nitrogen and oxygen atoms in total. The first-order valence-corrected chi connectivity index (χ1v) is 11.2. The molecule has 2 aromatic carbocycles. The summed E-state index contributed by atoms with van der Waals surface area (Å²) in [6.07, 6.45) is -4.83. The van der Waals surface area contributed by atoms with Gasteiger partial charge in [-0.05, 0) is 35.9 Å². The molecule has 1 aliphatic heterocycles. The topological polar surface area (TPSA) is 60.5 Å². The zero-order valence-corrected chi connectivity index (χ0v) is 20.1. The van der Waals surface area contributed by atoms with E-state index in [4.69, 9.17) is 18.9 Å². The number of alkyl halides is 3. The highest BCUT2D eigenvalue weighted by atomic mass is 19.4. The number of hydrogen-bond acceptors (Lipinski definition) is 6. The zero-order chi connectivity index (χ0) is 25.4. The van der Waals surface area contributed by atoms with Crippen LogP contribution < -0.4 is 9.47 Å². The smallest absolute Gasteiger partial charge is 0.416 e. The van der Waals surface area contributed by atoms with Gasteiger partial charge >= 0.3 is 6.18 Å². The largest absolute Gasteiger partial charge is 0.497 e. The summed E-state index contributed by atoms with van der Waals surface area (Å²) in [6.45, 7) is 3.09. The number of carbonyl (C=O) groups excluding carboxylic acids is 1. The third kappa shape index (κ3) is 7.58. The van der Waals surface area contributed by atoms with Crippen molar-refractivity contribution in [1.29, 1.82) is 0 Å². The molecular weight excluding hydrogens is 465 g/mol. The van der Waals surface area contributed by atoms with Gasteiger partial charge in [0.1, 0.15) is 11.5 Å². The predicted molar refractivity (Wildman–Crippen MR) is 124 cm³/mol. The Labute approximate surface area is 203 Å². The Balaban J connectivity index is 1.70. The van der Waals surface area contributed by atoms with E-state index < -0.39 is 17.6 Å². The highest BCUT2D eigenvalue weighted by molar-refractivity contribution is 5.94. The third-order valence-electron chi connectivity index (χ3n) is 5.75. The van der Waals surface area contributed by atoms with E-state index in [1.54, 1.807) is 20.3 Å². The molecule has 1 fully saturated rings. The quantitative estimate of drug-likeness (QED) is 0.500. The molecule has 0 spiro atoms. The van der Waals surface area contributed by atoms with Gasteiger partial charge in [0.25, 0.3) is 5.91 Å². The summed E-state index contributed by atoms with van der Waals surface area (Å²) >= 11 is 0. The summed E-state index contributed by atoms with van der Waals surface area (Å²) in [5, 5.41) is 0. The second-order valence-electron chi connectivity index (χ2n) is 8.27. The average molecular weight is 497 g/mol. The van der Waals surface area contributed by atoms with E-state index in [2.05, 4.69) is 4.90 Å². The van der Waals surface area contributed by atoms with Crippen LogP contribution in [0.5, 0.6) is 11.5 Å². The molecule has 0 aliphatic carbocycles. The summed E-state index contributed by atoms with van der Waals surface area (Å²) in [4.78, 5) is 16.8. The van der Waals surface area contributed by atoms with Gasteiger partial charge in [0.15, 0.2) is 0 Å². The molecule has 3 rings (SSSR count). The molecule has 2 aromatic rings. The van der Waals surface area contributed by atoms with Crippen LogP contribution in [0.2, 0.25) is 0 Å². The molecular formula is C25H31F3N2O5. The van der Waals surface area contributed by atoms with Crippen molar-refractivity contribution in [3.05, 3.63) is 59.2 Å². The molecule has 0 bridgehead atoms. The Morgan fingerprint density at radius 3 is 2.46 bits per heavy atom. The maximum absolute atomic E-state index is 13.1. The molecule has 1 atom stereocenters. The number of carbonyl (C=O) groups is 1. The second-order valence-corrected chi connectivity index (χ2v) is 8.27. The number of methoxy groups -OCH3 is 3. The monoisotopic (exact) mass is 496 g/mol. The number of hydrogen-bond donors (Lipinski definition) is 0. The Kier molecular flexibility index (Phi) is 9.36. The number of halogens is 3. The van der Waals surface area contributed by atoms with Gasteiger partial charge in [0.05, 0.1) is 39.1 Å². The average Bonchev–Trinajstić information content (AvgIpc) is 2.85. The fourth-order valence-corrected chi connectivity index (χ4v) is 3.98. The summed E-state index contributed by atoms with van der Waals surface area (Å²) in [7, 11) is 4.70. The van der Waals surface area contributed by atoms with Crippen molar-refractivity contribution in [1.82, 2.24) is 9.80 Å². The lowest BCUT2D eigenvalue weighted by Crippen LogP contribution is -2.49. The van der Waals surface area contributed by atoms with E-state index in [0.717, 1.165) is 17.7 Å². The van der Waals surface area contributed by atoms with Gasteiger partial charge in [-0.1, -0.05) is 6.07 Å². The maximum Gasteiger partial charge on any atom is 0.416 e. The zero-order valence-electron chi connectivity index (χ0n) is 20.1. The van der Waals surface area contributed by atoms with Crippen LogP contribution >= 0.6 is 0 Å². The third-order valence-corrected chi connectivity index (χ3v) is 5.75. The minimum atomic E-state index is -4.52. The predicted octanol–water partition coefficient (Wildman–Crippen LogP) is 3.71. The Hall–Kier alpha value is -2.82. The van der Waals surface area contributed by atoms with Gasteiger partial charge in [-0.25, -0.2) is 0 Å². The number of rotatable bonds is 10. The SMILES string of the molecule is COCCN(CC1CN(Cc2cc(OC)cc(OC)c2)CCO1)C(=O)c1cccc(C(F)(F)F)c1. The van der Waals surface area contributed by atoms with Crippen LogP contribution in [0.1, 0.15) is 21.5 Å². The van der Waals surface area contributed by atoms with Gasteiger partial charge in [-0.3, -0.25) is 9.69 Å². The fraction of sp³-hybridized carbons (Fsp3) is 0.480. The highest BCUT2D eigenvalue weighted by Crippen LogP contribution is 2.30. The van der Waals surface area contributed by atoms with Crippen molar-refractivity contribution in [3.63, 3.8) is 0 Å². The van der Waals surface area contributed by atoms with Gasteiger partial charge in [-0.2, -0.15) is 13.2 Å². The first-order valence-electron chi connectivity index (χ1n) is 11.2. The van der Waals surface area contributed by atoms with Crippen LogP contribution in [0, 0.1) is 0 Å². The number of morpholine rings is 1. The van der Waals surface area contributed by atoms with Crippen LogP contribution in [-0.4, -0.2) is 82.5 Å². The molecule has 10 heteroatoms. The lowest BCUT2D eigenvalue weighted by molar-refractivity contribution is -0.137. The van der Waals surface area contributed by atoms with Crippen molar-refractivity contribution in [2.75, 3.05) is 60.7 Å². The normalized spacial score (nSPS) is 16.7. The first kappa shape index (κ1) is 26.8. The molecule has 35 heavy (non-hydrogen) atoms. The van der Waals surface area contributed by atoms with Gasteiger partial charge in [-0.15, -0.1) is 0 Å². The molecule has 0 radical (unpaired) electrons. The number of amides is 1. The first-order chi connectivity index (χ1) is 16.7. The van der Waals surface area contributed by atoms with Crippen molar-refractivity contribution in [2.24, 2.45) is 0 Å². The molecule has 1 unspecified atom stereocenters. The van der Waals surface area contributed by atoms with Crippen LogP contribution in [0.25, 0.3) is 0 Å². The molecule has 1 heterocycles. The Bertz CT molecular complexity index is 964. The Morgan fingerprint density at radius 2 is 1.83 bits per heavy atom. The molecule has 192 valence electrons. The molecule has 1 saturated heterocycles. The fourth-order valence-electron chi connectivity index (χ4n) is 3.98. The summed E-state index contributed by atoms with van der Waals surface area (Å²) < 4.78 is 61.1. The molecule has 0 aromatic heterocycles.